The average molecular weight is 516 g/mol. The number of rotatable bonds is 9. The lowest BCUT2D eigenvalue weighted by atomic mass is 10.0. The van der Waals surface area contributed by atoms with Gasteiger partial charge in [0.15, 0.2) is 0 Å². The molecule has 0 aliphatic carbocycles. The van der Waals surface area contributed by atoms with Gasteiger partial charge in [0.1, 0.15) is 24.2 Å². The molecule has 0 aromatic heterocycles. The number of hydrogen-bond donors (Lipinski definition) is 2. The fourth-order valence-corrected chi connectivity index (χ4v) is 3.53. The Hall–Kier alpha value is -3.42. The van der Waals surface area contributed by atoms with Gasteiger partial charge in [0.05, 0.1) is 6.21 Å². The number of halogens is 3. The third-order valence-electron chi connectivity index (χ3n) is 4.98. The van der Waals surface area contributed by atoms with Crippen molar-refractivity contribution in [3.8, 4) is 5.75 Å². The Morgan fingerprint density at radius 3 is 2.43 bits per heavy atom. The molecule has 0 aliphatic rings. The van der Waals surface area contributed by atoms with Crippen LogP contribution in [0.15, 0.2) is 71.8 Å². The molecule has 0 saturated carbocycles. The zero-order valence-electron chi connectivity index (χ0n) is 19.1. The molecule has 182 valence electrons. The molecule has 3 aromatic carbocycles. The van der Waals surface area contributed by atoms with Crippen LogP contribution in [-0.4, -0.2) is 24.1 Å². The maximum atomic E-state index is 13.1. The summed E-state index contributed by atoms with van der Waals surface area (Å²) in [5.41, 5.74) is 4.13. The standard InChI is InChI=1S/C26H24Cl2FN3O3/c1-16(2)24(31-25(33)18-6-9-22(29)10-7-18)26(34)32-30-14-19-13-21(28)8-11-23(19)35-15-17-4-3-5-20(27)12-17/h3-14,16,24H,15H2,1-2H3,(H,31,33)(H,32,34)/b30-14+. The van der Waals surface area contributed by atoms with Crippen molar-refractivity contribution in [1.82, 2.24) is 10.7 Å². The van der Waals surface area contributed by atoms with E-state index in [-0.39, 0.29) is 18.1 Å². The molecule has 1 atom stereocenters. The Balaban J connectivity index is 1.66. The van der Waals surface area contributed by atoms with E-state index in [1.54, 1.807) is 44.2 Å². The third-order valence-corrected chi connectivity index (χ3v) is 5.45. The minimum atomic E-state index is -0.859. The number of ether oxygens (including phenoxy) is 1. The molecule has 3 rings (SSSR count). The summed E-state index contributed by atoms with van der Waals surface area (Å²) < 4.78 is 19.0. The number of benzene rings is 3. The number of nitrogens with one attached hydrogen (secondary N) is 2. The minimum Gasteiger partial charge on any atom is -0.488 e. The van der Waals surface area contributed by atoms with Gasteiger partial charge >= 0.3 is 0 Å². The Bertz CT molecular complexity index is 1220. The second kappa shape index (κ2) is 12.3. The first-order valence-corrected chi connectivity index (χ1v) is 11.5. The highest BCUT2D eigenvalue weighted by molar-refractivity contribution is 6.31. The van der Waals surface area contributed by atoms with Crippen LogP contribution in [-0.2, 0) is 11.4 Å². The van der Waals surface area contributed by atoms with Crippen LogP contribution in [0.4, 0.5) is 4.39 Å². The predicted octanol–water partition coefficient (Wildman–Crippen LogP) is 5.62. The quantitative estimate of drug-likeness (QED) is 0.286. The summed E-state index contributed by atoms with van der Waals surface area (Å²) in [4.78, 5) is 25.2. The number of carbonyl (C=O) groups is 2. The van der Waals surface area contributed by atoms with E-state index in [4.69, 9.17) is 27.9 Å². The molecule has 0 fully saturated rings. The number of carbonyl (C=O) groups excluding carboxylic acids is 2. The molecule has 0 saturated heterocycles. The van der Waals surface area contributed by atoms with Crippen LogP contribution in [0.25, 0.3) is 0 Å². The van der Waals surface area contributed by atoms with Gasteiger partial charge in [-0.15, -0.1) is 0 Å². The lowest BCUT2D eigenvalue weighted by Crippen LogP contribution is -2.48. The van der Waals surface area contributed by atoms with Crippen LogP contribution < -0.4 is 15.5 Å². The van der Waals surface area contributed by atoms with Crippen molar-refractivity contribution in [3.05, 3.63) is 99.3 Å². The van der Waals surface area contributed by atoms with Crippen LogP contribution in [0.1, 0.15) is 35.3 Å². The fourth-order valence-electron chi connectivity index (χ4n) is 3.14. The van der Waals surface area contributed by atoms with Crippen LogP contribution in [0, 0.1) is 11.7 Å². The van der Waals surface area contributed by atoms with Crippen molar-refractivity contribution in [3.63, 3.8) is 0 Å². The molecule has 3 aromatic rings. The largest absolute Gasteiger partial charge is 0.488 e. The third kappa shape index (κ3) is 7.80. The Morgan fingerprint density at radius 2 is 1.74 bits per heavy atom. The summed E-state index contributed by atoms with van der Waals surface area (Å²) in [6, 6.07) is 16.6. The Morgan fingerprint density at radius 1 is 1.03 bits per heavy atom. The zero-order valence-corrected chi connectivity index (χ0v) is 20.6. The second-order valence-electron chi connectivity index (χ2n) is 8.04. The van der Waals surface area contributed by atoms with E-state index in [0.717, 1.165) is 5.56 Å². The fraction of sp³-hybridized carbons (Fsp3) is 0.192. The van der Waals surface area contributed by atoms with Crippen LogP contribution in [0.2, 0.25) is 10.0 Å². The van der Waals surface area contributed by atoms with E-state index in [9.17, 15) is 14.0 Å². The molecule has 0 bridgehead atoms. The first kappa shape index (κ1) is 26.2. The maximum absolute atomic E-state index is 13.1. The van der Waals surface area contributed by atoms with E-state index in [1.807, 2.05) is 12.1 Å². The van der Waals surface area contributed by atoms with Crippen molar-refractivity contribution in [1.29, 1.82) is 0 Å². The molecule has 0 radical (unpaired) electrons. The van der Waals surface area contributed by atoms with Crippen LogP contribution in [0.3, 0.4) is 0 Å². The summed E-state index contributed by atoms with van der Waals surface area (Å²) in [5, 5.41) is 7.76. The molecule has 0 heterocycles. The molecule has 6 nitrogen and oxygen atoms in total. The van der Waals surface area contributed by atoms with Crippen molar-refractivity contribution >= 4 is 41.2 Å². The van der Waals surface area contributed by atoms with Gasteiger partial charge in [0.25, 0.3) is 11.8 Å². The summed E-state index contributed by atoms with van der Waals surface area (Å²) in [7, 11) is 0. The van der Waals surface area contributed by atoms with Gasteiger partial charge in [-0.2, -0.15) is 5.10 Å². The van der Waals surface area contributed by atoms with Gasteiger partial charge in [-0.1, -0.05) is 49.2 Å². The first-order chi connectivity index (χ1) is 16.7. The van der Waals surface area contributed by atoms with Crippen molar-refractivity contribution in [2.45, 2.75) is 26.5 Å². The average Bonchev–Trinajstić information content (AvgIpc) is 2.82. The molecule has 2 amide bonds. The number of amides is 2. The Labute approximate surface area is 213 Å². The van der Waals surface area contributed by atoms with E-state index >= 15 is 0 Å². The normalized spacial score (nSPS) is 11.9. The summed E-state index contributed by atoms with van der Waals surface area (Å²) in [6.07, 6.45) is 1.41. The number of nitrogens with zero attached hydrogens (tertiary/aromatic N) is 1. The Kier molecular flexibility index (Phi) is 9.23. The SMILES string of the molecule is CC(C)C(NC(=O)c1ccc(F)cc1)C(=O)N/N=C/c1cc(Cl)ccc1OCc1cccc(Cl)c1. The van der Waals surface area contributed by atoms with E-state index in [1.165, 1.54) is 30.5 Å². The van der Waals surface area contributed by atoms with Crippen molar-refractivity contribution in [2.75, 3.05) is 0 Å². The smallest absolute Gasteiger partial charge is 0.262 e. The van der Waals surface area contributed by atoms with Gasteiger partial charge in [-0.3, -0.25) is 9.59 Å². The maximum Gasteiger partial charge on any atom is 0.262 e. The zero-order chi connectivity index (χ0) is 25.4. The topological polar surface area (TPSA) is 79.8 Å². The summed E-state index contributed by atoms with van der Waals surface area (Å²) in [5.74, 6) is -1.16. The molecule has 9 heteroatoms. The molecule has 1 unspecified atom stereocenters. The summed E-state index contributed by atoms with van der Waals surface area (Å²) in [6.45, 7) is 3.86. The van der Waals surface area contributed by atoms with Gasteiger partial charge in [-0.05, 0) is 66.1 Å². The number of hydrazone groups is 1. The molecular weight excluding hydrogens is 492 g/mol. The second-order valence-corrected chi connectivity index (χ2v) is 8.91. The molecule has 35 heavy (non-hydrogen) atoms. The lowest BCUT2D eigenvalue weighted by Gasteiger charge is -2.20. The lowest BCUT2D eigenvalue weighted by molar-refractivity contribution is -0.123. The highest BCUT2D eigenvalue weighted by Gasteiger charge is 2.24. The van der Waals surface area contributed by atoms with Gasteiger partial charge in [0.2, 0.25) is 0 Å². The highest BCUT2D eigenvalue weighted by atomic mass is 35.5. The molecule has 0 aliphatic heterocycles. The molecule has 0 spiro atoms. The minimum absolute atomic E-state index is 0.225. The van der Waals surface area contributed by atoms with Gasteiger partial charge in [-0.25, -0.2) is 9.82 Å². The van der Waals surface area contributed by atoms with Gasteiger partial charge in [0, 0.05) is 21.2 Å². The van der Waals surface area contributed by atoms with Crippen molar-refractivity contribution < 1.29 is 18.7 Å². The van der Waals surface area contributed by atoms with E-state index in [2.05, 4.69) is 15.8 Å². The molecule has 2 N–H and O–H groups in total. The van der Waals surface area contributed by atoms with Crippen molar-refractivity contribution in [2.24, 2.45) is 11.0 Å². The van der Waals surface area contributed by atoms with Crippen LogP contribution in [0.5, 0.6) is 5.75 Å². The summed E-state index contributed by atoms with van der Waals surface area (Å²) >= 11 is 12.1. The van der Waals surface area contributed by atoms with Gasteiger partial charge < -0.3 is 10.1 Å². The highest BCUT2D eigenvalue weighted by Crippen LogP contribution is 2.23. The number of hydrogen-bond acceptors (Lipinski definition) is 4. The first-order valence-electron chi connectivity index (χ1n) is 10.8. The van der Waals surface area contributed by atoms with E-state index in [0.29, 0.717) is 21.4 Å². The predicted molar refractivity (Wildman–Crippen MR) is 135 cm³/mol. The van der Waals surface area contributed by atoms with E-state index < -0.39 is 23.7 Å². The monoisotopic (exact) mass is 515 g/mol. The molecular formula is C26H24Cl2FN3O3. The van der Waals surface area contributed by atoms with Crippen LogP contribution >= 0.6 is 23.2 Å².